The van der Waals surface area contributed by atoms with Crippen molar-refractivity contribution in [2.24, 2.45) is 10.7 Å². The minimum Gasteiger partial charge on any atom is -0.361 e. The van der Waals surface area contributed by atoms with Crippen molar-refractivity contribution in [2.75, 3.05) is 6.54 Å². The zero-order valence-corrected chi connectivity index (χ0v) is 9.62. The summed E-state index contributed by atoms with van der Waals surface area (Å²) in [7, 11) is 0. The van der Waals surface area contributed by atoms with E-state index in [2.05, 4.69) is 16.4 Å². The molecule has 3 N–H and O–H groups in total. The quantitative estimate of drug-likeness (QED) is 0.668. The highest BCUT2D eigenvalue weighted by Crippen LogP contribution is 2.24. The number of allylic oxidation sites excluding steroid dienone is 1. The Morgan fingerprint density at radius 1 is 1.62 bits per heavy atom. The van der Waals surface area contributed by atoms with Crippen molar-refractivity contribution in [3.05, 3.63) is 11.6 Å². The molecule has 5 nitrogen and oxygen atoms in total. The van der Waals surface area contributed by atoms with Gasteiger partial charge in [-0.1, -0.05) is 6.08 Å². The second-order valence-corrected chi connectivity index (χ2v) is 4.28. The van der Waals surface area contributed by atoms with Crippen LogP contribution < -0.4 is 11.1 Å². The van der Waals surface area contributed by atoms with Gasteiger partial charge in [-0.2, -0.15) is 0 Å². The number of hydrogen-bond acceptors (Lipinski definition) is 3. The first-order valence-corrected chi connectivity index (χ1v) is 5.22. The Balaban J connectivity index is 2.36. The highest BCUT2D eigenvalue weighted by atomic mass is 16.2. The first-order valence-electron chi connectivity index (χ1n) is 5.22. The summed E-state index contributed by atoms with van der Waals surface area (Å²) < 4.78 is 0. The molecule has 0 aliphatic carbocycles. The van der Waals surface area contributed by atoms with Crippen LogP contribution in [0.4, 0.5) is 0 Å². The molecule has 0 radical (unpaired) electrons. The van der Waals surface area contributed by atoms with Crippen molar-refractivity contribution < 1.29 is 9.59 Å². The molecule has 1 rings (SSSR count). The number of aliphatic imine (C=N–C) groups is 1. The molecule has 88 valence electrons. The standard InChI is InChI=1S/C11H17N3O2/c1-8-3-4-11(2,14-7-8)5-6-13-10(16)9(12)15/h3,7H,4-6H2,1-2H3,(H2,12,15)(H,13,16). The predicted octanol–water partition coefficient (Wildman–Crippen LogP) is 0.158. The molecular weight excluding hydrogens is 206 g/mol. The molecule has 5 heteroatoms. The Hall–Kier alpha value is -1.65. The zero-order valence-electron chi connectivity index (χ0n) is 9.62. The van der Waals surface area contributed by atoms with E-state index in [0.717, 1.165) is 12.0 Å². The summed E-state index contributed by atoms with van der Waals surface area (Å²) in [6, 6.07) is 0. The third-order valence-corrected chi connectivity index (χ3v) is 2.62. The predicted molar refractivity (Wildman–Crippen MR) is 62.1 cm³/mol. The van der Waals surface area contributed by atoms with Gasteiger partial charge in [0.1, 0.15) is 0 Å². The maximum absolute atomic E-state index is 10.9. The fraction of sp³-hybridized carbons (Fsp3) is 0.545. The lowest BCUT2D eigenvalue weighted by Gasteiger charge is -2.26. The molecule has 0 aromatic heterocycles. The number of primary amides is 1. The van der Waals surface area contributed by atoms with Crippen LogP contribution in [0.25, 0.3) is 0 Å². The van der Waals surface area contributed by atoms with E-state index >= 15 is 0 Å². The number of hydrogen-bond donors (Lipinski definition) is 2. The lowest BCUT2D eigenvalue weighted by molar-refractivity contribution is -0.137. The SMILES string of the molecule is CC1=CCC(C)(CCNC(=O)C(N)=O)N=C1. The third-order valence-electron chi connectivity index (χ3n) is 2.62. The highest BCUT2D eigenvalue weighted by Gasteiger charge is 2.23. The molecule has 1 heterocycles. The maximum atomic E-state index is 10.9. The third kappa shape index (κ3) is 3.49. The van der Waals surface area contributed by atoms with Crippen molar-refractivity contribution >= 4 is 18.0 Å². The van der Waals surface area contributed by atoms with Gasteiger partial charge in [0.25, 0.3) is 0 Å². The lowest BCUT2D eigenvalue weighted by Crippen LogP contribution is -2.39. The van der Waals surface area contributed by atoms with Gasteiger partial charge in [0.2, 0.25) is 0 Å². The summed E-state index contributed by atoms with van der Waals surface area (Å²) in [6.07, 6.45) is 5.48. The van der Waals surface area contributed by atoms with E-state index in [1.165, 1.54) is 0 Å². The van der Waals surface area contributed by atoms with Gasteiger partial charge in [-0.3, -0.25) is 14.6 Å². The molecule has 0 aromatic rings. The van der Waals surface area contributed by atoms with E-state index in [0.29, 0.717) is 13.0 Å². The van der Waals surface area contributed by atoms with Crippen LogP contribution in [0.1, 0.15) is 26.7 Å². The van der Waals surface area contributed by atoms with E-state index < -0.39 is 11.8 Å². The molecule has 0 saturated carbocycles. The molecule has 0 fully saturated rings. The summed E-state index contributed by atoms with van der Waals surface area (Å²) in [6.45, 7) is 4.42. The van der Waals surface area contributed by atoms with E-state index in [4.69, 9.17) is 5.73 Å². The molecule has 1 atom stereocenters. The number of nitrogens with two attached hydrogens (primary N) is 1. The van der Waals surface area contributed by atoms with Gasteiger partial charge in [-0.25, -0.2) is 0 Å². The van der Waals surface area contributed by atoms with E-state index in [1.54, 1.807) is 0 Å². The van der Waals surface area contributed by atoms with Crippen molar-refractivity contribution in [3.63, 3.8) is 0 Å². The van der Waals surface area contributed by atoms with Gasteiger partial charge in [0.05, 0.1) is 5.54 Å². The Morgan fingerprint density at radius 3 is 2.81 bits per heavy atom. The summed E-state index contributed by atoms with van der Waals surface area (Å²) in [5, 5.41) is 2.46. The molecule has 0 saturated heterocycles. The first-order chi connectivity index (χ1) is 7.43. The van der Waals surface area contributed by atoms with Crippen molar-refractivity contribution in [2.45, 2.75) is 32.2 Å². The fourth-order valence-electron chi connectivity index (χ4n) is 1.44. The summed E-state index contributed by atoms with van der Waals surface area (Å²) in [5.74, 6) is -1.69. The average Bonchev–Trinajstić information content (AvgIpc) is 2.23. The number of nitrogens with one attached hydrogen (secondary N) is 1. The van der Waals surface area contributed by atoms with Crippen LogP contribution in [-0.2, 0) is 9.59 Å². The first kappa shape index (κ1) is 12.4. The number of amides is 2. The van der Waals surface area contributed by atoms with Crippen LogP contribution >= 0.6 is 0 Å². The van der Waals surface area contributed by atoms with Crippen LogP contribution in [0, 0.1) is 0 Å². The van der Waals surface area contributed by atoms with Crippen LogP contribution in [0.2, 0.25) is 0 Å². The minimum atomic E-state index is -0.951. The monoisotopic (exact) mass is 223 g/mol. The Morgan fingerprint density at radius 2 is 2.31 bits per heavy atom. The van der Waals surface area contributed by atoms with E-state index in [-0.39, 0.29) is 5.54 Å². The highest BCUT2D eigenvalue weighted by molar-refractivity contribution is 6.34. The van der Waals surface area contributed by atoms with E-state index in [9.17, 15) is 9.59 Å². The maximum Gasteiger partial charge on any atom is 0.309 e. The van der Waals surface area contributed by atoms with Gasteiger partial charge < -0.3 is 11.1 Å². The van der Waals surface area contributed by atoms with Crippen molar-refractivity contribution in [1.82, 2.24) is 5.32 Å². The second-order valence-electron chi connectivity index (χ2n) is 4.28. The number of rotatable bonds is 3. The molecule has 0 spiro atoms. The lowest BCUT2D eigenvalue weighted by atomic mass is 9.91. The topological polar surface area (TPSA) is 84.5 Å². The number of nitrogens with zero attached hydrogens (tertiary/aromatic N) is 1. The van der Waals surface area contributed by atoms with Gasteiger partial charge in [-0.15, -0.1) is 0 Å². The van der Waals surface area contributed by atoms with Crippen LogP contribution in [0.3, 0.4) is 0 Å². The molecular formula is C11H17N3O2. The Bertz CT molecular complexity index is 360. The normalized spacial score (nSPS) is 23.8. The molecule has 0 bridgehead atoms. The molecule has 2 amide bonds. The van der Waals surface area contributed by atoms with Crippen molar-refractivity contribution in [1.29, 1.82) is 0 Å². The number of carbonyl (C=O) groups is 2. The largest absolute Gasteiger partial charge is 0.361 e. The summed E-state index contributed by atoms with van der Waals surface area (Å²) >= 11 is 0. The molecule has 1 aliphatic rings. The van der Waals surface area contributed by atoms with Gasteiger partial charge in [-0.05, 0) is 32.3 Å². The van der Waals surface area contributed by atoms with Gasteiger partial charge in [0.15, 0.2) is 0 Å². The summed E-state index contributed by atoms with van der Waals surface area (Å²) in [4.78, 5) is 25.8. The van der Waals surface area contributed by atoms with Crippen LogP contribution in [-0.4, -0.2) is 30.1 Å². The Kier molecular flexibility index (Phi) is 3.82. The number of carbonyl (C=O) groups excluding carboxylic acids is 2. The zero-order chi connectivity index (χ0) is 12.2. The minimum absolute atomic E-state index is 0.190. The fourth-order valence-corrected chi connectivity index (χ4v) is 1.44. The van der Waals surface area contributed by atoms with Gasteiger partial charge >= 0.3 is 11.8 Å². The van der Waals surface area contributed by atoms with Crippen LogP contribution in [0.5, 0.6) is 0 Å². The number of dihydropyridines is 1. The average molecular weight is 223 g/mol. The smallest absolute Gasteiger partial charge is 0.309 e. The Labute approximate surface area is 94.8 Å². The molecule has 1 unspecified atom stereocenters. The molecule has 16 heavy (non-hydrogen) atoms. The summed E-state index contributed by atoms with van der Waals surface area (Å²) in [5.41, 5.74) is 5.78. The second kappa shape index (κ2) is 4.92. The van der Waals surface area contributed by atoms with Crippen molar-refractivity contribution in [3.8, 4) is 0 Å². The molecule has 1 aliphatic heterocycles. The molecule has 0 aromatic carbocycles. The van der Waals surface area contributed by atoms with Gasteiger partial charge in [0, 0.05) is 12.8 Å². The van der Waals surface area contributed by atoms with Crippen LogP contribution in [0.15, 0.2) is 16.6 Å². The van der Waals surface area contributed by atoms with E-state index in [1.807, 2.05) is 20.1 Å².